The molecule has 0 atom stereocenters. The van der Waals surface area contributed by atoms with Crippen molar-refractivity contribution in [3.05, 3.63) is 126 Å². The Hall–Kier alpha value is -5.54. The second-order valence-electron chi connectivity index (χ2n) is 17.2. The Morgan fingerprint density at radius 2 is 1.00 bits per heavy atom. The van der Waals surface area contributed by atoms with Gasteiger partial charge in [-0.3, -0.25) is 4.57 Å². The van der Waals surface area contributed by atoms with Crippen molar-refractivity contribution >= 4 is 137 Å². The molecule has 0 radical (unpaired) electrons. The van der Waals surface area contributed by atoms with Gasteiger partial charge in [0.05, 0.1) is 11.0 Å². The maximum atomic E-state index is 4.95. The number of hydrogen-bond donors (Lipinski definition) is 0. The lowest BCUT2D eigenvalue weighted by atomic mass is 9.61. The van der Waals surface area contributed by atoms with Gasteiger partial charge in [-0.25, -0.2) is 4.98 Å². The van der Waals surface area contributed by atoms with Crippen molar-refractivity contribution in [1.82, 2.24) is 9.55 Å². The third-order valence-corrected chi connectivity index (χ3v) is 14.0. The highest BCUT2D eigenvalue weighted by atomic mass is 15.1. The molecule has 8 aromatic carbocycles. The smallest absolute Gasteiger partial charge is 0.140 e. The van der Waals surface area contributed by atoms with Crippen molar-refractivity contribution in [2.75, 3.05) is 0 Å². The number of hydrogen-bond acceptors (Lipinski definition) is 1. The zero-order valence-electron chi connectivity index (χ0n) is 35.0. The van der Waals surface area contributed by atoms with Crippen LogP contribution in [0.15, 0.2) is 109 Å². The maximum absolute atomic E-state index is 4.95. The second kappa shape index (κ2) is 12.7. The van der Waals surface area contributed by atoms with Gasteiger partial charge in [0.15, 0.2) is 0 Å². The van der Waals surface area contributed by atoms with Gasteiger partial charge in [0.2, 0.25) is 0 Å². The number of rotatable bonds is 4. The monoisotopic (exact) mass is 724 g/mol. The first-order valence-corrected chi connectivity index (χ1v) is 20.6. The minimum absolute atomic E-state index is 0.116. The van der Waals surface area contributed by atoms with Crippen molar-refractivity contribution in [3.8, 4) is 39.1 Å². The molecule has 0 aliphatic heterocycles. The summed E-state index contributed by atoms with van der Waals surface area (Å²) in [6, 6.07) is 40.6. The van der Waals surface area contributed by atoms with Crippen LogP contribution in [0.3, 0.4) is 0 Å². The van der Waals surface area contributed by atoms with Crippen molar-refractivity contribution < 1.29 is 0 Å². The number of aryl methyl sites for hydroxylation is 1. The molecule has 266 valence electrons. The quantitative estimate of drug-likeness (QED) is 0.191. The van der Waals surface area contributed by atoms with Crippen LogP contribution in [0.1, 0.15) is 37.7 Å². The molecule has 10 rings (SSSR count). The number of nitrogens with zero attached hydrogens (tertiary/aromatic N) is 2. The Bertz CT molecular complexity index is 3180. The first kappa shape index (κ1) is 35.8. The Balaban J connectivity index is 1.21. The summed E-state index contributed by atoms with van der Waals surface area (Å²) in [5.41, 5.74) is 24.4. The molecule has 0 fully saturated rings. The number of aromatic nitrogens is 2. The lowest BCUT2D eigenvalue weighted by Gasteiger charge is -2.30. The molecule has 0 unspecified atom stereocenters. The summed E-state index contributed by atoms with van der Waals surface area (Å²) in [5, 5.41) is 7.64. The summed E-state index contributed by atoms with van der Waals surface area (Å²) >= 11 is 0. The summed E-state index contributed by atoms with van der Waals surface area (Å²) in [4.78, 5) is 4.95. The summed E-state index contributed by atoms with van der Waals surface area (Å²) in [6.07, 6.45) is 0.871. The number of para-hydroxylation sites is 2. The van der Waals surface area contributed by atoms with E-state index in [1.807, 2.05) is 0 Å². The maximum Gasteiger partial charge on any atom is 0.140 e. The molecule has 0 bridgehead atoms. The van der Waals surface area contributed by atoms with E-state index in [0.717, 1.165) is 29.0 Å². The molecule has 9 aromatic rings. The van der Waals surface area contributed by atoms with Gasteiger partial charge in [-0.2, -0.15) is 0 Å². The minimum atomic E-state index is -0.116. The predicted octanol–water partition coefficient (Wildman–Crippen LogP) is 0.497. The van der Waals surface area contributed by atoms with E-state index < -0.39 is 0 Å². The van der Waals surface area contributed by atoms with E-state index >= 15 is 0 Å². The van der Waals surface area contributed by atoms with Crippen LogP contribution in [0.4, 0.5) is 0 Å². The molecule has 1 aromatic heterocycles. The second-order valence-corrected chi connectivity index (χ2v) is 17.2. The molecule has 0 saturated carbocycles. The SMILES string of the molecule is Bc1c(B)c(B)c2c(c1B)-c1c(B)c(B)c(-c3c4ccccc4c(-c4ccc5cc(-n6c(CC)nc7ccccc76)ccc5c4)c4ccccc34)c(B)c1C2(C)C. The van der Waals surface area contributed by atoms with Crippen LogP contribution >= 0.6 is 0 Å². The average Bonchev–Trinajstić information content (AvgIpc) is 3.72. The fourth-order valence-electron chi connectivity index (χ4n) is 11.0. The van der Waals surface area contributed by atoms with Crippen LogP contribution in [0.25, 0.3) is 82.4 Å². The highest BCUT2D eigenvalue weighted by molar-refractivity contribution is 6.65. The zero-order chi connectivity index (χ0) is 39.7. The normalized spacial score (nSPS) is 13.2. The van der Waals surface area contributed by atoms with Crippen LogP contribution in [0.2, 0.25) is 0 Å². The van der Waals surface area contributed by atoms with E-state index in [2.05, 4.69) is 189 Å². The van der Waals surface area contributed by atoms with Gasteiger partial charge in [-0.15, -0.1) is 10.9 Å². The summed E-state index contributed by atoms with van der Waals surface area (Å²) in [7, 11) is 16.5. The third-order valence-electron chi connectivity index (χ3n) is 14.0. The highest BCUT2D eigenvalue weighted by Gasteiger charge is 2.41. The van der Waals surface area contributed by atoms with E-state index in [1.165, 1.54) is 115 Å². The zero-order valence-corrected chi connectivity index (χ0v) is 35.0. The molecule has 0 N–H and O–H groups in total. The van der Waals surface area contributed by atoms with E-state index in [0.29, 0.717) is 0 Å². The van der Waals surface area contributed by atoms with Crippen LogP contribution in [0, 0.1) is 0 Å². The fraction of sp³-hybridized carbons (Fsp3) is 0.104. The predicted molar refractivity (Wildman–Crippen MR) is 269 cm³/mol. The van der Waals surface area contributed by atoms with Gasteiger partial charge in [0, 0.05) is 17.5 Å². The Morgan fingerprint density at radius 1 is 0.491 bits per heavy atom. The minimum Gasteiger partial charge on any atom is -0.296 e. The fourth-order valence-corrected chi connectivity index (χ4v) is 11.0. The lowest BCUT2D eigenvalue weighted by molar-refractivity contribution is 0.670. The van der Waals surface area contributed by atoms with Gasteiger partial charge >= 0.3 is 0 Å². The van der Waals surface area contributed by atoms with E-state index in [-0.39, 0.29) is 5.41 Å². The molecule has 9 heteroatoms. The van der Waals surface area contributed by atoms with Crippen LogP contribution in [-0.2, 0) is 11.8 Å². The van der Waals surface area contributed by atoms with E-state index in [4.69, 9.17) is 4.98 Å². The van der Waals surface area contributed by atoms with E-state index in [1.54, 1.807) is 0 Å². The van der Waals surface area contributed by atoms with Crippen LogP contribution in [-0.4, -0.2) is 64.5 Å². The molecule has 1 aliphatic rings. The largest absolute Gasteiger partial charge is 0.296 e. The number of benzene rings is 8. The summed E-state index contributed by atoms with van der Waals surface area (Å²) in [5.74, 6) is 1.08. The summed E-state index contributed by atoms with van der Waals surface area (Å²) < 4.78 is 2.32. The number of imidazole rings is 1. The Morgan fingerprint density at radius 3 is 1.65 bits per heavy atom. The third kappa shape index (κ3) is 4.90. The molecule has 1 heterocycles. The molecule has 57 heavy (non-hydrogen) atoms. The number of fused-ring (bicyclic) bond motifs is 7. The van der Waals surface area contributed by atoms with Gasteiger partial charge in [-0.05, 0) is 107 Å². The topological polar surface area (TPSA) is 17.8 Å². The first-order chi connectivity index (χ1) is 27.4. The van der Waals surface area contributed by atoms with Gasteiger partial charge < -0.3 is 0 Å². The van der Waals surface area contributed by atoms with Crippen molar-refractivity contribution in [1.29, 1.82) is 0 Å². The first-order valence-electron chi connectivity index (χ1n) is 20.6. The van der Waals surface area contributed by atoms with Crippen molar-refractivity contribution in [3.63, 3.8) is 0 Å². The summed E-state index contributed by atoms with van der Waals surface area (Å²) in [6.45, 7) is 7.11. The van der Waals surface area contributed by atoms with Gasteiger partial charge in [0.1, 0.15) is 60.7 Å². The van der Waals surface area contributed by atoms with Gasteiger partial charge in [0.25, 0.3) is 0 Å². The molecule has 1 aliphatic carbocycles. The standard InChI is InChI=1S/C48H43B7N2/c1-4-33-56-31-15-9-10-16-32(31)57(33)26-20-19-23-21-25(18-17-24(23)22-26)34-27-11-5-7-13-29(27)35(30-14-8-6-12-28(30)34)38-41(49)39-36(42(50)44(38)52)37-40(48(39,2)3)45(53)47(55)46(54)43(37)51/h5-22H,4,49-55H2,1-3H3. The Labute approximate surface area is 342 Å². The lowest BCUT2D eigenvalue weighted by Crippen LogP contribution is -2.51. The highest BCUT2D eigenvalue weighted by Crippen LogP contribution is 2.48. The molecule has 0 amide bonds. The van der Waals surface area contributed by atoms with E-state index in [9.17, 15) is 0 Å². The van der Waals surface area contributed by atoms with Crippen molar-refractivity contribution in [2.24, 2.45) is 0 Å². The Kier molecular flexibility index (Phi) is 8.01. The molecule has 2 nitrogen and oxygen atoms in total. The molecular weight excluding hydrogens is 680 g/mol. The van der Waals surface area contributed by atoms with Crippen LogP contribution < -0.4 is 38.2 Å². The molecular formula is C48H43B7N2. The molecule has 0 spiro atoms. The van der Waals surface area contributed by atoms with Crippen molar-refractivity contribution in [2.45, 2.75) is 32.6 Å². The molecule has 0 saturated heterocycles. The van der Waals surface area contributed by atoms with Gasteiger partial charge in [-0.1, -0.05) is 127 Å². The average molecular weight is 724 g/mol. The van der Waals surface area contributed by atoms with Crippen LogP contribution in [0.5, 0.6) is 0 Å².